The predicted molar refractivity (Wildman–Crippen MR) is 114 cm³/mol. The summed E-state index contributed by atoms with van der Waals surface area (Å²) in [4.78, 5) is 11.6. The maximum atomic E-state index is 13.1. The summed E-state index contributed by atoms with van der Waals surface area (Å²) < 4.78 is 13.1. The zero-order valence-electron chi connectivity index (χ0n) is 16.6. The van der Waals surface area contributed by atoms with Crippen molar-refractivity contribution in [3.05, 3.63) is 65.2 Å². The number of aromatic amines is 1. The van der Waals surface area contributed by atoms with Crippen LogP contribution >= 0.6 is 0 Å². The Labute approximate surface area is 168 Å². The second kappa shape index (κ2) is 7.89. The topological polar surface area (TPSA) is 61.0 Å². The Morgan fingerprint density at radius 3 is 2.71 bits per heavy atom. The second-order valence-corrected chi connectivity index (χ2v) is 8.66. The molecule has 0 bridgehead atoms. The number of hydrogen-bond donors (Lipinski definition) is 2. The van der Waals surface area contributed by atoms with Gasteiger partial charge in [-0.1, -0.05) is 18.2 Å². The largest absolute Gasteiger partial charge is 0.348 e. The SMILES string of the molecule is Cc1ccc2c(c1C)N(CCCNCc1nc[nH]c1C)c1ccccc1S2=O. The van der Waals surface area contributed by atoms with Crippen LogP contribution in [0.25, 0.3) is 0 Å². The molecule has 6 heteroatoms. The molecular formula is C22H26N4OS. The number of nitrogens with zero attached hydrogens (tertiary/aromatic N) is 2. The van der Waals surface area contributed by atoms with E-state index >= 15 is 0 Å². The summed E-state index contributed by atoms with van der Waals surface area (Å²) in [6.07, 6.45) is 2.72. The van der Waals surface area contributed by atoms with Gasteiger partial charge in [-0.2, -0.15) is 0 Å². The first-order valence-electron chi connectivity index (χ1n) is 9.66. The molecule has 4 rings (SSSR count). The van der Waals surface area contributed by atoms with E-state index < -0.39 is 10.8 Å². The summed E-state index contributed by atoms with van der Waals surface area (Å²) in [6.45, 7) is 8.82. The van der Waals surface area contributed by atoms with E-state index in [1.54, 1.807) is 6.33 Å². The molecule has 3 aromatic rings. The van der Waals surface area contributed by atoms with Crippen LogP contribution in [0.15, 0.2) is 52.5 Å². The minimum atomic E-state index is -1.13. The summed E-state index contributed by atoms with van der Waals surface area (Å²) in [5.74, 6) is 0. The Hall–Kier alpha value is -2.44. The van der Waals surface area contributed by atoms with Gasteiger partial charge in [-0.25, -0.2) is 9.19 Å². The van der Waals surface area contributed by atoms with Gasteiger partial charge in [-0.15, -0.1) is 0 Å². The number of hydrogen-bond acceptors (Lipinski definition) is 4. The van der Waals surface area contributed by atoms with Crippen molar-refractivity contribution in [3.63, 3.8) is 0 Å². The normalized spacial score (nSPS) is 15.4. The van der Waals surface area contributed by atoms with Gasteiger partial charge in [0.2, 0.25) is 0 Å². The van der Waals surface area contributed by atoms with Crippen molar-refractivity contribution >= 4 is 22.2 Å². The molecule has 0 radical (unpaired) electrons. The lowest BCUT2D eigenvalue weighted by molar-refractivity contribution is 0.638. The third kappa shape index (κ3) is 3.38. The van der Waals surface area contributed by atoms with E-state index in [0.717, 1.165) is 58.6 Å². The quantitative estimate of drug-likeness (QED) is 0.617. The molecule has 0 fully saturated rings. The fourth-order valence-corrected chi connectivity index (χ4v) is 5.14. The molecule has 1 aliphatic heterocycles. The Bertz CT molecular complexity index is 1030. The van der Waals surface area contributed by atoms with Gasteiger partial charge >= 0.3 is 0 Å². The number of benzene rings is 2. The highest BCUT2D eigenvalue weighted by atomic mass is 32.2. The van der Waals surface area contributed by atoms with E-state index in [4.69, 9.17) is 0 Å². The zero-order valence-corrected chi connectivity index (χ0v) is 17.4. The van der Waals surface area contributed by atoms with Gasteiger partial charge in [-0.05, 0) is 63.1 Å². The molecular weight excluding hydrogens is 368 g/mol. The highest BCUT2D eigenvalue weighted by Crippen LogP contribution is 2.44. The van der Waals surface area contributed by atoms with Gasteiger partial charge < -0.3 is 15.2 Å². The molecule has 1 aliphatic rings. The molecule has 1 aromatic heterocycles. The van der Waals surface area contributed by atoms with E-state index in [2.05, 4.69) is 46.2 Å². The summed E-state index contributed by atoms with van der Waals surface area (Å²) in [5.41, 5.74) is 6.79. The van der Waals surface area contributed by atoms with Gasteiger partial charge in [0.1, 0.15) is 0 Å². The zero-order chi connectivity index (χ0) is 19.7. The maximum Gasteiger partial charge on any atom is 0.0925 e. The lowest BCUT2D eigenvalue weighted by Gasteiger charge is -2.34. The second-order valence-electron chi connectivity index (χ2n) is 7.25. The first-order chi connectivity index (χ1) is 13.6. The maximum absolute atomic E-state index is 13.1. The monoisotopic (exact) mass is 394 g/mol. The fourth-order valence-electron chi connectivity index (χ4n) is 3.70. The Balaban J connectivity index is 1.53. The van der Waals surface area contributed by atoms with Crippen LogP contribution in [0.4, 0.5) is 11.4 Å². The molecule has 1 atom stereocenters. The van der Waals surface area contributed by atoms with Crippen LogP contribution in [0.3, 0.4) is 0 Å². The van der Waals surface area contributed by atoms with Crippen LogP contribution in [0.5, 0.6) is 0 Å². The number of rotatable bonds is 6. The number of para-hydroxylation sites is 1. The van der Waals surface area contributed by atoms with Crippen molar-refractivity contribution < 1.29 is 4.21 Å². The molecule has 2 heterocycles. The van der Waals surface area contributed by atoms with Crippen molar-refractivity contribution in [2.75, 3.05) is 18.0 Å². The number of anilines is 2. The third-order valence-electron chi connectivity index (χ3n) is 5.45. The first-order valence-corrected chi connectivity index (χ1v) is 10.8. The van der Waals surface area contributed by atoms with Crippen LogP contribution in [0.1, 0.15) is 28.9 Å². The van der Waals surface area contributed by atoms with Crippen molar-refractivity contribution in [2.45, 2.75) is 43.5 Å². The van der Waals surface area contributed by atoms with Crippen molar-refractivity contribution in [3.8, 4) is 0 Å². The summed E-state index contributed by atoms with van der Waals surface area (Å²) in [5, 5.41) is 3.48. The van der Waals surface area contributed by atoms with E-state index in [9.17, 15) is 4.21 Å². The average molecular weight is 395 g/mol. The van der Waals surface area contributed by atoms with Crippen molar-refractivity contribution in [1.29, 1.82) is 0 Å². The van der Waals surface area contributed by atoms with E-state index in [0.29, 0.717) is 0 Å². The van der Waals surface area contributed by atoms with Crippen molar-refractivity contribution in [2.24, 2.45) is 0 Å². The fraction of sp³-hybridized carbons (Fsp3) is 0.318. The lowest BCUT2D eigenvalue weighted by Crippen LogP contribution is -2.28. The molecule has 0 saturated heterocycles. The number of aromatic nitrogens is 2. The number of imidazole rings is 1. The van der Waals surface area contributed by atoms with Crippen LogP contribution in [-0.2, 0) is 17.3 Å². The summed E-state index contributed by atoms with van der Waals surface area (Å²) >= 11 is 0. The third-order valence-corrected chi connectivity index (χ3v) is 6.93. The summed E-state index contributed by atoms with van der Waals surface area (Å²) in [7, 11) is -1.13. The number of fused-ring (bicyclic) bond motifs is 2. The van der Waals surface area contributed by atoms with Crippen molar-refractivity contribution in [1.82, 2.24) is 15.3 Å². The highest BCUT2D eigenvalue weighted by Gasteiger charge is 2.29. The highest BCUT2D eigenvalue weighted by molar-refractivity contribution is 7.85. The molecule has 0 amide bonds. The Morgan fingerprint density at radius 1 is 1.11 bits per heavy atom. The van der Waals surface area contributed by atoms with E-state index in [1.165, 1.54) is 11.1 Å². The van der Waals surface area contributed by atoms with Crippen LogP contribution in [0.2, 0.25) is 0 Å². The minimum absolute atomic E-state index is 0.769. The summed E-state index contributed by atoms with van der Waals surface area (Å²) in [6, 6.07) is 12.2. The molecule has 0 saturated carbocycles. The van der Waals surface area contributed by atoms with Crippen LogP contribution in [-0.4, -0.2) is 27.3 Å². The predicted octanol–water partition coefficient (Wildman–Crippen LogP) is 4.13. The molecule has 146 valence electrons. The average Bonchev–Trinajstić information content (AvgIpc) is 3.11. The molecule has 1 unspecified atom stereocenters. The van der Waals surface area contributed by atoms with Crippen LogP contribution in [0, 0.1) is 20.8 Å². The Morgan fingerprint density at radius 2 is 1.93 bits per heavy atom. The van der Waals surface area contributed by atoms with Crippen LogP contribution < -0.4 is 10.2 Å². The molecule has 5 nitrogen and oxygen atoms in total. The minimum Gasteiger partial charge on any atom is -0.348 e. The van der Waals surface area contributed by atoms with Gasteiger partial charge in [0, 0.05) is 18.8 Å². The lowest BCUT2D eigenvalue weighted by atomic mass is 10.1. The number of H-pyrrole nitrogens is 1. The van der Waals surface area contributed by atoms with E-state index in [1.807, 2.05) is 31.2 Å². The van der Waals surface area contributed by atoms with Gasteiger partial charge in [-0.3, -0.25) is 0 Å². The molecule has 2 aromatic carbocycles. The molecule has 0 aliphatic carbocycles. The van der Waals surface area contributed by atoms with E-state index in [-0.39, 0.29) is 0 Å². The molecule has 0 spiro atoms. The standard InChI is InChI=1S/C22H26N4OS/c1-15-9-10-21-22(16(15)2)26(19-7-4-5-8-20(19)28(21)27)12-6-11-23-13-18-17(3)24-14-25-18/h4-5,7-10,14,23H,6,11-13H2,1-3H3,(H,24,25). The van der Waals surface area contributed by atoms with Gasteiger partial charge in [0.15, 0.2) is 0 Å². The smallest absolute Gasteiger partial charge is 0.0925 e. The molecule has 2 N–H and O–H groups in total. The first kappa shape index (κ1) is 18.9. The Kier molecular flexibility index (Phi) is 5.33. The number of aryl methyl sites for hydroxylation is 2. The van der Waals surface area contributed by atoms with Gasteiger partial charge in [0.25, 0.3) is 0 Å². The molecule has 28 heavy (non-hydrogen) atoms. The van der Waals surface area contributed by atoms with Gasteiger partial charge in [0.05, 0.1) is 44.0 Å². The number of nitrogens with one attached hydrogen (secondary N) is 2.